The molecule has 27 heavy (non-hydrogen) atoms. The van der Waals surface area contributed by atoms with Crippen molar-refractivity contribution in [1.29, 1.82) is 0 Å². The largest absolute Gasteiger partial charge is 0.340 e. The lowest BCUT2D eigenvalue weighted by Crippen LogP contribution is -2.59. The normalized spacial score (nSPS) is 24.7. The predicted octanol–water partition coefficient (Wildman–Crippen LogP) is 2.24. The van der Waals surface area contributed by atoms with Crippen molar-refractivity contribution < 1.29 is 9.59 Å². The Kier molecular flexibility index (Phi) is 6.43. The first-order valence-corrected chi connectivity index (χ1v) is 10.0. The van der Waals surface area contributed by atoms with Gasteiger partial charge < -0.3 is 15.1 Å². The first-order chi connectivity index (χ1) is 12.7. The summed E-state index contributed by atoms with van der Waals surface area (Å²) in [5, 5.41) is 3.14. The molecule has 5 nitrogen and oxygen atoms in total. The lowest BCUT2D eigenvalue weighted by atomic mass is 9.64. The van der Waals surface area contributed by atoms with Crippen molar-refractivity contribution in [2.24, 2.45) is 5.41 Å². The third-order valence-electron chi connectivity index (χ3n) is 6.40. The summed E-state index contributed by atoms with van der Waals surface area (Å²) in [6.07, 6.45) is 5.99. The molecular weight excluding hydrogens is 362 g/mol. The molecule has 1 aliphatic carbocycles. The Morgan fingerprint density at radius 3 is 2.59 bits per heavy atom. The predicted molar refractivity (Wildman–Crippen MR) is 108 cm³/mol. The third kappa shape index (κ3) is 4.14. The second-order valence-electron chi connectivity index (χ2n) is 8.11. The molecule has 4 rings (SSSR count). The highest BCUT2D eigenvalue weighted by Crippen LogP contribution is 2.45. The Hall–Kier alpha value is -1.59. The van der Waals surface area contributed by atoms with E-state index >= 15 is 0 Å². The van der Waals surface area contributed by atoms with E-state index in [1.165, 1.54) is 5.56 Å². The molecule has 3 aliphatic rings. The number of piperazine rings is 1. The Bertz CT molecular complexity index is 663. The van der Waals surface area contributed by atoms with Crippen molar-refractivity contribution in [2.75, 3.05) is 32.7 Å². The number of piperidine rings is 1. The smallest absolute Gasteiger partial charge is 0.236 e. The molecule has 2 saturated heterocycles. The Morgan fingerprint density at radius 1 is 1.15 bits per heavy atom. The first kappa shape index (κ1) is 20.2. The molecule has 2 amide bonds. The van der Waals surface area contributed by atoms with Gasteiger partial charge in [0.15, 0.2) is 0 Å². The molecule has 0 spiro atoms. The zero-order valence-corrected chi connectivity index (χ0v) is 16.7. The maximum Gasteiger partial charge on any atom is 0.236 e. The van der Waals surface area contributed by atoms with Crippen molar-refractivity contribution in [3.8, 4) is 0 Å². The summed E-state index contributed by atoms with van der Waals surface area (Å²) >= 11 is 0. The Morgan fingerprint density at radius 2 is 1.93 bits per heavy atom. The fourth-order valence-electron chi connectivity index (χ4n) is 4.79. The second-order valence-corrected chi connectivity index (χ2v) is 8.11. The summed E-state index contributed by atoms with van der Waals surface area (Å²) in [4.78, 5) is 29.7. The van der Waals surface area contributed by atoms with Crippen LogP contribution < -0.4 is 5.32 Å². The number of amides is 2. The van der Waals surface area contributed by atoms with Crippen molar-refractivity contribution in [3.63, 3.8) is 0 Å². The molecular formula is C21H30ClN3O2. The van der Waals surface area contributed by atoms with Crippen LogP contribution in [0.25, 0.3) is 0 Å². The molecule has 0 radical (unpaired) electrons. The van der Waals surface area contributed by atoms with E-state index in [1.54, 1.807) is 0 Å². The van der Waals surface area contributed by atoms with Gasteiger partial charge in [0, 0.05) is 32.2 Å². The standard InChI is InChI=1S/C21H29N3O2.ClH/c25-19-15-22-11-13-24(19)18-8-4-12-23(16-18)20(26)21(9-5-10-21)14-17-6-2-1-3-7-17;/h1-3,6-7,18,22H,4-5,8-16H2;1H. The summed E-state index contributed by atoms with van der Waals surface area (Å²) in [6, 6.07) is 10.6. The molecule has 0 bridgehead atoms. The lowest BCUT2D eigenvalue weighted by Gasteiger charge is -2.47. The lowest BCUT2D eigenvalue weighted by molar-refractivity contribution is -0.151. The van der Waals surface area contributed by atoms with E-state index in [4.69, 9.17) is 0 Å². The summed E-state index contributed by atoms with van der Waals surface area (Å²) in [5.41, 5.74) is 1.04. The molecule has 0 aromatic heterocycles. The second kappa shape index (κ2) is 8.61. The molecule has 2 heterocycles. The van der Waals surface area contributed by atoms with Crippen LogP contribution in [-0.4, -0.2) is 60.4 Å². The van der Waals surface area contributed by atoms with Crippen LogP contribution in [0.4, 0.5) is 0 Å². The van der Waals surface area contributed by atoms with E-state index in [0.29, 0.717) is 19.0 Å². The van der Waals surface area contributed by atoms with Gasteiger partial charge in [0.25, 0.3) is 0 Å². The van der Waals surface area contributed by atoms with Crippen molar-refractivity contribution in [1.82, 2.24) is 15.1 Å². The van der Waals surface area contributed by atoms with Gasteiger partial charge in [-0.15, -0.1) is 12.4 Å². The maximum atomic E-state index is 13.4. The molecule has 1 aromatic carbocycles. The molecule has 1 saturated carbocycles. The van der Waals surface area contributed by atoms with Crippen LogP contribution in [0, 0.1) is 5.41 Å². The zero-order chi connectivity index (χ0) is 18.0. The van der Waals surface area contributed by atoms with Crippen LogP contribution in [0.1, 0.15) is 37.7 Å². The molecule has 1 N–H and O–H groups in total. The zero-order valence-electron chi connectivity index (χ0n) is 15.9. The number of halogens is 1. The van der Waals surface area contributed by atoms with Gasteiger partial charge in [-0.1, -0.05) is 36.8 Å². The third-order valence-corrected chi connectivity index (χ3v) is 6.40. The van der Waals surface area contributed by atoms with Crippen LogP contribution in [0.3, 0.4) is 0 Å². The SMILES string of the molecule is Cl.O=C1CNCCN1C1CCCN(C(=O)C2(Cc3ccccc3)CCC2)C1. The number of benzene rings is 1. The van der Waals surface area contributed by atoms with Crippen LogP contribution in [-0.2, 0) is 16.0 Å². The Labute approximate surface area is 167 Å². The molecule has 1 atom stereocenters. The van der Waals surface area contributed by atoms with Gasteiger partial charge in [-0.2, -0.15) is 0 Å². The van der Waals surface area contributed by atoms with E-state index in [-0.39, 0.29) is 29.8 Å². The minimum absolute atomic E-state index is 0. The van der Waals surface area contributed by atoms with E-state index < -0.39 is 0 Å². The van der Waals surface area contributed by atoms with E-state index in [9.17, 15) is 9.59 Å². The number of carbonyl (C=O) groups excluding carboxylic acids is 2. The number of hydrogen-bond donors (Lipinski definition) is 1. The van der Waals surface area contributed by atoms with Crippen LogP contribution in [0.5, 0.6) is 0 Å². The monoisotopic (exact) mass is 391 g/mol. The van der Waals surface area contributed by atoms with Gasteiger partial charge in [0.1, 0.15) is 0 Å². The van der Waals surface area contributed by atoms with E-state index in [0.717, 1.165) is 58.2 Å². The number of nitrogens with zero attached hydrogens (tertiary/aromatic N) is 2. The van der Waals surface area contributed by atoms with Gasteiger partial charge >= 0.3 is 0 Å². The highest BCUT2D eigenvalue weighted by molar-refractivity contribution is 5.85. The maximum absolute atomic E-state index is 13.4. The number of nitrogens with one attached hydrogen (secondary N) is 1. The molecule has 1 aromatic rings. The fraction of sp³-hybridized carbons (Fsp3) is 0.619. The van der Waals surface area contributed by atoms with Crippen LogP contribution >= 0.6 is 12.4 Å². The fourth-order valence-corrected chi connectivity index (χ4v) is 4.79. The number of carbonyl (C=O) groups is 2. The molecule has 6 heteroatoms. The topological polar surface area (TPSA) is 52.7 Å². The number of hydrogen-bond acceptors (Lipinski definition) is 3. The summed E-state index contributed by atoms with van der Waals surface area (Å²) < 4.78 is 0. The van der Waals surface area contributed by atoms with E-state index in [1.807, 2.05) is 11.0 Å². The summed E-state index contributed by atoms with van der Waals surface area (Å²) in [7, 11) is 0. The van der Waals surface area contributed by atoms with Crippen molar-refractivity contribution in [3.05, 3.63) is 35.9 Å². The molecule has 1 unspecified atom stereocenters. The quantitative estimate of drug-likeness (QED) is 0.856. The number of likely N-dealkylation sites (tertiary alicyclic amines) is 1. The summed E-state index contributed by atoms with van der Waals surface area (Å²) in [5.74, 6) is 0.498. The van der Waals surface area contributed by atoms with Crippen molar-refractivity contribution in [2.45, 2.75) is 44.6 Å². The highest BCUT2D eigenvalue weighted by atomic mass is 35.5. The summed E-state index contributed by atoms with van der Waals surface area (Å²) in [6.45, 7) is 3.60. The van der Waals surface area contributed by atoms with Gasteiger partial charge in [-0.3, -0.25) is 9.59 Å². The van der Waals surface area contributed by atoms with E-state index in [2.05, 4.69) is 34.5 Å². The van der Waals surface area contributed by atoms with Crippen molar-refractivity contribution >= 4 is 24.2 Å². The van der Waals surface area contributed by atoms with Crippen LogP contribution in [0.15, 0.2) is 30.3 Å². The van der Waals surface area contributed by atoms with Gasteiger partial charge in [0.05, 0.1) is 12.0 Å². The average molecular weight is 392 g/mol. The van der Waals surface area contributed by atoms with Gasteiger partial charge in [-0.25, -0.2) is 0 Å². The molecule has 2 aliphatic heterocycles. The highest BCUT2D eigenvalue weighted by Gasteiger charge is 2.47. The molecule has 3 fully saturated rings. The minimum Gasteiger partial charge on any atom is -0.340 e. The Balaban J connectivity index is 0.00000210. The van der Waals surface area contributed by atoms with Gasteiger partial charge in [-0.05, 0) is 37.7 Å². The van der Waals surface area contributed by atoms with Crippen LogP contribution in [0.2, 0.25) is 0 Å². The molecule has 148 valence electrons. The minimum atomic E-state index is -0.212. The number of rotatable bonds is 4. The first-order valence-electron chi connectivity index (χ1n) is 10.0. The average Bonchev–Trinajstić information content (AvgIpc) is 2.65. The van der Waals surface area contributed by atoms with Gasteiger partial charge in [0.2, 0.25) is 11.8 Å².